The number of aryl methyl sites for hydroxylation is 1. The Morgan fingerprint density at radius 3 is 2.27 bits per heavy atom. The van der Waals surface area contributed by atoms with Crippen molar-refractivity contribution < 1.29 is 19.2 Å². The second-order valence-corrected chi connectivity index (χ2v) is 7.45. The standard InChI is InChI=1S/C21H26N4O5/c1-13-18(21(27)30-4)14(2)22-19(13)20(26)15(3)23-9-11-24(12-10-23)16-5-7-17(8-6-16)25(28)29/h5-8,15,22H,9-12H2,1-4H3. The zero-order valence-electron chi connectivity index (χ0n) is 17.6. The second kappa shape index (κ2) is 8.66. The number of methoxy groups -OCH3 is 1. The first-order valence-electron chi connectivity index (χ1n) is 9.79. The van der Waals surface area contributed by atoms with Crippen LogP contribution >= 0.6 is 0 Å². The molecule has 0 amide bonds. The van der Waals surface area contributed by atoms with E-state index < -0.39 is 10.9 Å². The average molecular weight is 414 g/mol. The molecular formula is C21H26N4O5. The van der Waals surface area contributed by atoms with Crippen LogP contribution < -0.4 is 4.90 Å². The number of aromatic amines is 1. The molecule has 1 aromatic carbocycles. The van der Waals surface area contributed by atoms with Crippen LogP contribution in [-0.4, -0.2) is 65.9 Å². The zero-order chi connectivity index (χ0) is 22.0. The molecule has 9 nitrogen and oxygen atoms in total. The van der Waals surface area contributed by atoms with Gasteiger partial charge in [0.15, 0.2) is 5.78 Å². The van der Waals surface area contributed by atoms with Crippen LogP contribution in [0.1, 0.15) is 39.0 Å². The molecule has 1 aliphatic heterocycles. The number of nitrogens with one attached hydrogen (secondary N) is 1. The Morgan fingerprint density at radius 2 is 1.73 bits per heavy atom. The molecule has 9 heteroatoms. The van der Waals surface area contributed by atoms with E-state index in [4.69, 9.17) is 4.74 Å². The van der Waals surface area contributed by atoms with Gasteiger partial charge in [-0.1, -0.05) is 0 Å². The molecule has 1 saturated heterocycles. The number of aromatic nitrogens is 1. The van der Waals surface area contributed by atoms with Gasteiger partial charge in [-0.2, -0.15) is 0 Å². The van der Waals surface area contributed by atoms with Crippen molar-refractivity contribution in [3.05, 3.63) is 56.9 Å². The lowest BCUT2D eigenvalue weighted by Crippen LogP contribution is -2.51. The fraction of sp³-hybridized carbons (Fsp3) is 0.429. The van der Waals surface area contributed by atoms with Gasteiger partial charge in [0.2, 0.25) is 0 Å². The van der Waals surface area contributed by atoms with Gasteiger partial charge in [-0.3, -0.25) is 19.8 Å². The van der Waals surface area contributed by atoms with Crippen LogP contribution in [0.3, 0.4) is 0 Å². The summed E-state index contributed by atoms with van der Waals surface area (Å²) in [4.78, 5) is 42.8. The van der Waals surface area contributed by atoms with Crippen molar-refractivity contribution in [3.8, 4) is 0 Å². The van der Waals surface area contributed by atoms with Gasteiger partial charge < -0.3 is 14.6 Å². The van der Waals surface area contributed by atoms with E-state index in [0.29, 0.717) is 48.7 Å². The fourth-order valence-electron chi connectivity index (χ4n) is 3.93. The molecule has 0 bridgehead atoms. The summed E-state index contributed by atoms with van der Waals surface area (Å²) < 4.78 is 4.82. The summed E-state index contributed by atoms with van der Waals surface area (Å²) in [7, 11) is 1.32. The molecule has 0 saturated carbocycles. The van der Waals surface area contributed by atoms with E-state index in [2.05, 4.69) is 14.8 Å². The van der Waals surface area contributed by atoms with Crippen LogP contribution in [0.2, 0.25) is 0 Å². The molecule has 0 aliphatic carbocycles. The number of carbonyl (C=O) groups is 2. The molecule has 160 valence electrons. The maximum Gasteiger partial charge on any atom is 0.339 e. The predicted octanol–water partition coefficient (Wildman–Crippen LogP) is 2.72. The van der Waals surface area contributed by atoms with Crippen LogP contribution in [0.15, 0.2) is 24.3 Å². The minimum absolute atomic E-state index is 0.0606. The second-order valence-electron chi connectivity index (χ2n) is 7.45. The Morgan fingerprint density at radius 1 is 1.13 bits per heavy atom. The Balaban J connectivity index is 1.66. The van der Waals surface area contributed by atoms with E-state index >= 15 is 0 Å². The topological polar surface area (TPSA) is 109 Å². The maximum atomic E-state index is 13.1. The Labute approximate surface area is 174 Å². The van der Waals surface area contributed by atoms with Crippen molar-refractivity contribution in [2.24, 2.45) is 0 Å². The number of non-ortho nitro benzene ring substituents is 1. The van der Waals surface area contributed by atoms with Crippen molar-refractivity contribution in [1.29, 1.82) is 0 Å². The number of ether oxygens (including phenoxy) is 1. The van der Waals surface area contributed by atoms with Gasteiger partial charge in [0, 0.05) is 49.7 Å². The highest BCUT2D eigenvalue weighted by molar-refractivity contribution is 6.03. The minimum Gasteiger partial charge on any atom is -0.465 e. The van der Waals surface area contributed by atoms with Gasteiger partial charge in [-0.25, -0.2) is 4.79 Å². The molecule has 1 unspecified atom stereocenters. The summed E-state index contributed by atoms with van der Waals surface area (Å²) in [6, 6.07) is 6.17. The maximum absolute atomic E-state index is 13.1. The Kier molecular flexibility index (Phi) is 6.21. The van der Waals surface area contributed by atoms with E-state index in [9.17, 15) is 19.7 Å². The largest absolute Gasteiger partial charge is 0.465 e. The first-order chi connectivity index (χ1) is 14.2. The van der Waals surface area contributed by atoms with E-state index in [1.165, 1.54) is 19.2 Å². The number of Topliss-reactive ketones (excluding diaryl/α,β-unsaturated/α-hetero) is 1. The fourth-order valence-corrected chi connectivity index (χ4v) is 3.93. The Hall–Kier alpha value is -3.20. The number of hydrogen-bond donors (Lipinski definition) is 1. The van der Waals surface area contributed by atoms with E-state index in [0.717, 1.165) is 5.69 Å². The summed E-state index contributed by atoms with van der Waals surface area (Å²) in [6.07, 6.45) is 0. The number of esters is 1. The summed E-state index contributed by atoms with van der Waals surface area (Å²) in [5, 5.41) is 10.8. The molecule has 0 spiro atoms. The highest BCUT2D eigenvalue weighted by Gasteiger charge is 2.30. The summed E-state index contributed by atoms with van der Waals surface area (Å²) in [5.74, 6) is -0.515. The molecule has 2 aromatic rings. The monoisotopic (exact) mass is 414 g/mol. The number of nitro groups is 1. The molecule has 2 heterocycles. The summed E-state index contributed by atoms with van der Waals surface area (Å²) in [6.45, 7) is 8.18. The molecule has 1 N–H and O–H groups in total. The average Bonchev–Trinajstić information content (AvgIpc) is 3.06. The lowest BCUT2D eigenvalue weighted by atomic mass is 10.0. The predicted molar refractivity (Wildman–Crippen MR) is 112 cm³/mol. The van der Waals surface area contributed by atoms with Gasteiger partial charge in [0.1, 0.15) is 0 Å². The Bertz CT molecular complexity index is 959. The zero-order valence-corrected chi connectivity index (χ0v) is 17.6. The number of carbonyl (C=O) groups excluding carboxylic acids is 2. The molecule has 1 fully saturated rings. The molecule has 1 atom stereocenters. The van der Waals surface area contributed by atoms with Crippen molar-refractivity contribution in [2.45, 2.75) is 26.8 Å². The van der Waals surface area contributed by atoms with E-state index in [1.807, 2.05) is 6.92 Å². The van der Waals surface area contributed by atoms with E-state index in [-0.39, 0.29) is 17.5 Å². The van der Waals surface area contributed by atoms with Crippen molar-refractivity contribution >= 4 is 23.1 Å². The highest BCUT2D eigenvalue weighted by atomic mass is 16.6. The number of H-pyrrole nitrogens is 1. The number of piperazine rings is 1. The van der Waals surface area contributed by atoms with Gasteiger partial charge in [0.25, 0.3) is 5.69 Å². The SMILES string of the molecule is COC(=O)c1c(C)[nH]c(C(=O)C(C)N2CCN(c3ccc([N+](=O)[O-])cc3)CC2)c1C. The number of rotatable bonds is 6. The number of hydrogen-bond acceptors (Lipinski definition) is 7. The highest BCUT2D eigenvalue weighted by Crippen LogP contribution is 2.24. The van der Waals surface area contributed by atoms with Crippen LogP contribution in [-0.2, 0) is 4.74 Å². The summed E-state index contributed by atoms with van der Waals surface area (Å²) >= 11 is 0. The summed E-state index contributed by atoms with van der Waals surface area (Å²) in [5.41, 5.74) is 3.09. The number of benzene rings is 1. The van der Waals surface area contributed by atoms with Crippen LogP contribution in [0, 0.1) is 24.0 Å². The van der Waals surface area contributed by atoms with Crippen LogP contribution in [0.5, 0.6) is 0 Å². The van der Waals surface area contributed by atoms with Crippen molar-refractivity contribution in [3.63, 3.8) is 0 Å². The molecule has 0 radical (unpaired) electrons. The quantitative estimate of drug-likeness (QED) is 0.335. The smallest absolute Gasteiger partial charge is 0.339 e. The third-order valence-electron chi connectivity index (χ3n) is 5.74. The van der Waals surface area contributed by atoms with Gasteiger partial charge in [0.05, 0.1) is 29.3 Å². The van der Waals surface area contributed by atoms with Crippen molar-refractivity contribution in [2.75, 3.05) is 38.2 Å². The normalized spacial score (nSPS) is 15.7. The minimum atomic E-state index is -0.454. The van der Waals surface area contributed by atoms with Gasteiger partial charge >= 0.3 is 5.97 Å². The third-order valence-corrected chi connectivity index (χ3v) is 5.74. The van der Waals surface area contributed by atoms with E-state index in [1.54, 1.807) is 26.0 Å². The lowest BCUT2D eigenvalue weighted by molar-refractivity contribution is -0.384. The number of ketones is 1. The van der Waals surface area contributed by atoms with Crippen molar-refractivity contribution in [1.82, 2.24) is 9.88 Å². The first-order valence-corrected chi connectivity index (χ1v) is 9.79. The molecule has 30 heavy (non-hydrogen) atoms. The molecule has 3 rings (SSSR count). The molecule has 1 aromatic heterocycles. The van der Waals surface area contributed by atoms with Crippen LogP contribution in [0.4, 0.5) is 11.4 Å². The van der Waals surface area contributed by atoms with Gasteiger partial charge in [-0.05, 0) is 38.5 Å². The van der Waals surface area contributed by atoms with Gasteiger partial charge in [-0.15, -0.1) is 0 Å². The number of nitro benzene ring substituents is 1. The molecule has 1 aliphatic rings. The number of anilines is 1. The lowest BCUT2D eigenvalue weighted by Gasteiger charge is -2.38. The first kappa shape index (κ1) is 21.5. The molecular weight excluding hydrogens is 388 g/mol. The number of nitrogens with zero attached hydrogens (tertiary/aromatic N) is 3. The third kappa shape index (κ3) is 4.06. The van der Waals surface area contributed by atoms with Crippen LogP contribution in [0.25, 0.3) is 0 Å².